The molecule has 144 valence electrons. The summed E-state index contributed by atoms with van der Waals surface area (Å²) >= 11 is 6.03. The minimum atomic E-state index is -4.81. The molecule has 2 nitrogen and oxygen atoms in total. The van der Waals surface area contributed by atoms with Crippen LogP contribution in [-0.4, -0.2) is 5.91 Å². The van der Waals surface area contributed by atoms with Crippen LogP contribution in [0.5, 0.6) is 0 Å². The Morgan fingerprint density at radius 1 is 0.929 bits per heavy atom. The van der Waals surface area contributed by atoms with Gasteiger partial charge in [-0.1, -0.05) is 41.9 Å². The van der Waals surface area contributed by atoms with Gasteiger partial charge in [-0.3, -0.25) is 4.79 Å². The maximum absolute atomic E-state index is 13.7. The quantitative estimate of drug-likeness (QED) is 0.486. The van der Waals surface area contributed by atoms with Crippen molar-refractivity contribution in [1.29, 1.82) is 0 Å². The van der Waals surface area contributed by atoms with E-state index in [4.69, 9.17) is 11.6 Å². The van der Waals surface area contributed by atoms with E-state index in [1.54, 1.807) is 18.2 Å². The predicted octanol–water partition coefficient (Wildman–Crippen LogP) is 6.56. The molecule has 0 aliphatic rings. The number of carbonyl (C=O) groups excluding carboxylic acids is 1. The number of carbonyl (C=O) groups is 1. The summed E-state index contributed by atoms with van der Waals surface area (Å²) in [5, 5.41) is 2.25. The van der Waals surface area contributed by atoms with Crippen LogP contribution >= 0.6 is 11.6 Å². The first-order chi connectivity index (χ1) is 13.2. The molecule has 0 saturated heterocycles. The molecule has 0 saturated carbocycles. The van der Waals surface area contributed by atoms with Crippen molar-refractivity contribution in [3.05, 3.63) is 88.4 Å². The number of alkyl halides is 3. The zero-order valence-electron chi connectivity index (χ0n) is 13.9. The summed E-state index contributed by atoms with van der Waals surface area (Å²) in [6.45, 7) is 0. The lowest BCUT2D eigenvalue weighted by Gasteiger charge is -2.16. The van der Waals surface area contributed by atoms with Crippen LogP contribution in [0.1, 0.15) is 15.9 Å². The predicted molar refractivity (Wildman–Crippen MR) is 96.2 cm³/mol. The van der Waals surface area contributed by atoms with Gasteiger partial charge in [0.05, 0.1) is 16.8 Å². The molecule has 0 spiro atoms. The Bertz CT molecular complexity index is 1050. The van der Waals surface area contributed by atoms with E-state index in [0.29, 0.717) is 5.56 Å². The van der Waals surface area contributed by atoms with Crippen LogP contribution in [-0.2, 0) is 6.18 Å². The van der Waals surface area contributed by atoms with Crippen molar-refractivity contribution < 1.29 is 26.7 Å². The highest BCUT2D eigenvalue weighted by Crippen LogP contribution is 2.39. The summed E-state index contributed by atoms with van der Waals surface area (Å²) in [7, 11) is 0. The van der Waals surface area contributed by atoms with Gasteiger partial charge in [-0.15, -0.1) is 0 Å². The lowest BCUT2D eigenvalue weighted by atomic mass is 10.0. The molecule has 0 fully saturated rings. The largest absolute Gasteiger partial charge is 0.418 e. The van der Waals surface area contributed by atoms with E-state index in [0.717, 1.165) is 30.3 Å². The number of amides is 1. The fourth-order valence-corrected chi connectivity index (χ4v) is 2.86. The maximum Gasteiger partial charge on any atom is 0.418 e. The average Bonchev–Trinajstić information content (AvgIpc) is 2.64. The Morgan fingerprint density at radius 2 is 1.64 bits per heavy atom. The first-order valence-corrected chi connectivity index (χ1v) is 8.28. The van der Waals surface area contributed by atoms with Crippen molar-refractivity contribution in [1.82, 2.24) is 0 Å². The molecule has 8 heteroatoms. The number of nitrogens with one attached hydrogen (secondary N) is 1. The molecular formula is C20H11ClF5NO. The Labute approximate surface area is 161 Å². The summed E-state index contributed by atoms with van der Waals surface area (Å²) < 4.78 is 67.6. The van der Waals surface area contributed by atoms with Crippen molar-refractivity contribution in [2.24, 2.45) is 0 Å². The van der Waals surface area contributed by atoms with E-state index >= 15 is 0 Å². The average molecular weight is 412 g/mol. The van der Waals surface area contributed by atoms with Gasteiger partial charge in [0.1, 0.15) is 0 Å². The summed E-state index contributed by atoms with van der Waals surface area (Å²) in [5.74, 6) is -3.92. The second-order valence-electron chi connectivity index (χ2n) is 5.79. The van der Waals surface area contributed by atoms with Gasteiger partial charge < -0.3 is 5.32 Å². The molecule has 1 N–H and O–H groups in total. The van der Waals surface area contributed by atoms with Gasteiger partial charge in [0.25, 0.3) is 5.91 Å². The van der Waals surface area contributed by atoms with E-state index in [1.165, 1.54) is 12.1 Å². The van der Waals surface area contributed by atoms with E-state index in [9.17, 15) is 26.7 Å². The van der Waals surface area contributed by atoms with Crippen LogP contribution in [0, 0.1) is 11.6 Å². The Morgan fingerprint density at radius 3 is 2.32 bits per heavy atom. The topological polar surface area (TPSA) is 29.1 Å². The Hall–Kier alpha value is -2.93. The molecule has 0 aromatic heterocycles. The molecule has 0 aliphatic heterocycles. The highest BCUT2D eigenvalue weighted by molar-refractivity contribution is 6.33. The van der Waals surface area contributed by atoms with Crippen molar-refractivity contribution in [2.75, 3.05) is 5.32 Å². The van der Waals surface area contributed by atoms with Crippen LogP contribution in [0.25, 0.3) is 11.1 Å². The molecule has 3 aromatic carbocycles. The number of benzene rings is 3. The second kappa shape index (κ2) is 7.59. The molecule has 3 rings (SSSR count). The van der Waals surface area contributed by atoms with Gasteiger partial charge in [-0.2, -0.15) is 13.2 Å². The third kappa shape index (κ3) is 3.99. The highest BCUT2D eigenvalue weighted by atomic mass is 35.5. The molecule has 3 aromatic rings. The van der Waals surface area contributed by atoms with Crippen LogP contribution < -0.4 is 5.32 Å². The zero-order valence-corrected chi connectivity index (χ0v) is 14.7. The number of hydrogen-bond donors (Lipinski definition) is 1. The Kier molecular flexibility index (Phi) is 5.38. The van der Waals surface area contributed by atoms with Crippen LogP contribution in [0.15, 0.2) is 60.7 Å². The molecular weight excluding hydrogens is 401 g/mol. The summed E-state index contributed by atoms with van der Waals surface area (Å²) in [4.78, 5) is 12.2. The van der Waals surface area contributed by atoms with Crippen molar-refractivity contribution in [3.8, 4) is 11.1 Å². The lowest BCUT2D eigenvalue weighted by molar-refractivity contribution is -0.136. The first kappa shape index (κ1) is 19.8. The molecule has 0 radical (unpaired) electrons. The van der Waals surface area contributed by atoms with Crippen LogP contribution in [0.2, 0.25) is 5.02 Å². The second-order valence-corrected chi connectivity index (χ2v) is 6.20. The number of rotatable bonds is 3. The van der Waals surface area contributed by atoms with Crippen LogP contribution in [0.3, 0.4) is 0 Å². The minimum absolute atomic E-state index is 0.188. The molecule has 0 heterocycles. The van der Waals surface area contributed by atoms with E-state index in [2.05, 4.69) is 0 Å². The van der Waals surface area contributed by atoms with E-state index < -0.39 is 40.5 Å². The van der Waals surface area contributed by atoms with E-state index in [-0.39, 0.29) is 10.6 Å². The number of anilines is 1. The molecule has 0 unspecified atom stereocenters. The molecule has 0 bridgehead atoms. The molecule has 0 aliphatic carbocycles. The summed E-state index contributed by atoms with van der Waals surface area (Å²) in [6, 6.07) is 12.4. The SMILES string of the molecule is O=C(Nc1ccc(-c2ccccc2Cl)cc1C(F)(F)F)c1cccc(F)c1F. The van der Waals surface area contributed by atoms with Gasteiger partial charge in [-0.25, -0.2) is 8.78 Å². The normalized spacial score (nSPS) is 11.4. The van der Waals surface area contributed by atoms with E-state index in [1.807, 2.05) is 5.32 Å². The van der Waals surface area contributed by atoms with Gasteiger partial charge in [0, 0.05) is 10.6 Å². The minimum Gasteiger partial charge on any atom is -0.321 e. The van der Waals surface area contributed by atoms with Crippen molar-refractivity contribution in [2.45, 2.75) is 6.18 Å². The first-order valence-electron chi connectivity index (χ1n) is 7.90. The van der Waals surface area contributed by atoms with Gasteiger partial charge in [-0.05, 0) is 35.9 Å². The zero-order chi connectivity index (χ0) is 20.5. The number of halogens is 6. The number of hydrogen-bond acceptors (Lipinski definition) is 1. The van der Waals surface area contributed by atoms with Crippen molar-refractivity contribution in [3.63, 3.8) is 0 Å². The van der Waals surface area contributed by atoms with Crippen molar-refractivity contribution >= 4 is 23.2 Å². The molecule has 1 amide bonds. The maximum atomic E-state index is 13.7. The third-order valence-corrected chi connectivity index (χ3v) is 4.28. The Balaban J connectivity index is 2.03. The third-order valence-electron chi connectivity index (χ3n) is 3.95. The standard InChI is InChI=1S/C20H11ClF5NO/c21-15-6-2-1-4-12(15)11-8-9-17(14(10-11)20(24,25)26)27-19(28)13-5-3-7-16(22)18(13)23/h1-10H,(H,27,28). The van der Waals surface area contributed by atoms with Gasteiger partial charge in [0.15, 0.2) is 11.6 Å². The smallest absolute Gasteiger partial charge is 0.321 e. The lowest BCUT2D eigenvalue weighted by Crippen LogP contribution is -2.18. The monoisotopic (exact) mass is 411 g/mol. The van der Waals surface area contributed by atoms with Gasteiger partial charge in [0.2, 0.25) is 0 Å². The fraction of sp³-hybridized carbons (Fsp3) is 0.0500. The summed E-state index contributed by atoms with van der Waals surface area (Å²) in [6.07, 6.45) is -4.81. The fourth-order valence-electron chi connectivity index (χ4n) is 2.62. The molecule has 28 heavy (non-hydrogen) atoms. The summed E-state index contributed by atoms with van der Waals surface area (Å²) in [5.41, 5.74) is -1.87. The van der Waals surface area contributed by atoms with Crippen LogP contribution in [0.4, 0.5) is 27.6 Å². The van der Waals surface area contributed by atoms with Gasteiger partial charge >= 0.3 is 6.18 Å². The highest BCUT2D eigenvalue weighted by Gasteiger charge is 2.34. The molecule has 0 atom stereocenters.